The van der Waals surface area contributed by atoms with Crippen molar-refractivity contribution in [1.29, 1.82) is 0 Å². The minimum Gasteiger partial charge on any atom is -0.497 e. The quantitative estimate of drug-likeness (QED) is 0.452. The Bertz CT molecular complexity index is 1330. The predicted molar refractivity (Wildman–Crippen MR) is 132 cm³/mol. The fraction of sp³-hybridized carbons (Fsp3) is 0.250. The summed E-state index contributed by atoms with van der Waals surface area (Å²) in [6.07, 6.45) is 2.61. The third kappa shape index (κ3) is 4.92. The van der Waals surface area contributed by atoms with Crippen LogP contribution >= 0.6 is 11.3 Å². The highest BCUT2D eigenvalue weighted by atomic mass is 32.2. The molecule has 0 bridgehead atoms. The van der Waals surface area contributed by atoms with Gasteiger partial charge in [-0.15, -0.1) is 11.3 Å². The summed E-state index contributed by atoms with van der Waals surface area (Å²) in [5.74, 6) is 0.115. The number of sulfonamides is 1. The van der Waals surface area contributed by atoms with E-state index in [0.29, 0.717) is 33.5 Å². The Morgan fingerprint density at radius 3 is 2.38 bits per heavy atom. The number of hydrogen-bond acceptors (Lipinski definition) is 6. The second kappa shape index (κ2) is 9.47. The molecule has 1 aromatic heterocycles. The van der Waals surface area contributed by atoms with Gasteiger partial charge in [-0.25, -0.2) is 8.42 Å². The molecule has 1 aliphatic rings. The number of carbonyl (C=O) groups is 2. The normalized spacial score (nSPS) is 15.3. The molecule has 3 aromatic rings. The third-order valence-electron chi connectivity index (χ3n) is 5.75. The van der Waals surface area contributed by atoms with E-state index in [1.165, 1.54) is 54.8 Å². The van der Waals surface area contributed by atoms with Gasteiger partial charge >= 0.3 is 0 Å². The first-order valence-electron chi connectivity index (χ1n) is 10.7. The van der Waals surface area contributed by atoms with Crippen LogP contribution in [0.15, 0.2) is 53.4 Å². The molecule has 2 aromatic carbocycles. The van der Waals surface area contributed by atoms with Crippen molar-refractivity contribution in [1.82, 2.24) is 0 Å². The Morgan fingerprint density at radius 2 is 1.76 bits per heavy atom. The molecule has 0 fully saturated rings. The van der Waals surface area contributed by atoms with Crippen molar-refractivity contribution in [3.63, 3.8) is 0 Å². The molecule has 2 amide bonds. The lowest BCUT2D eigenvalue weighted by Gasteiger charge is -2.18. The van der Waals surface area contributed by atoms with Gasteiger partial charge in [0.25, 0.3) is 21.8 Å². The third-order valence-corrected chi connectivity index (χ3v) is 8.32. The van der Waals surface area contributed by atoms with Gasteiger partial charge in [0, 0.05) is 16.1 Å². The van der Waals surface area contributed by atoms with E-state index in [-0.39, 0.29) is 4.90 Å². The van der Waals surface area contributed by atoms with Crippen molar-refractivity contribution < 1.29 is 22.7 Å². The van der Waals surface area contributed by atoms with Gasteiger partial charge in [0.2, 0.25) is 0 Å². The Morgan fingerprint density at radius 1 is 1.09 bits per heavy atom. The van der Waals surface area contributed by atoms with Gasteiger partial charge in [0.15, 0.2) is 0 Å². The summed E-state index contributed by atoms with van der Waals surface area (Å²) >= 11 is 1.39. The van der Waals surface area contributed by atoms with E-state index >= 15 is 0 Å². The lowest BCUT2D eigenvalue weighted by molar-refractivity contribution is 0.1000. The van der Waals surface area contributed by atoms with Crippen molar-refractivity contribution in [2.45, 2.75) is 31.1 Å². The maximum Gasteiger partial charge on any atom is 0.261 e. The Labute approximate surface area is 202 Å². The number of primary amides is 1. The molecule has 8 nitrogen and oxygen atoms in total. The van der Waals surface area contributed by atoms with Crippen LogP contribution in [0.1, 0.15) is 44.5 Å². The van der Waals surface area contributed by atoms with Gasteiger partial charge in [-0.1, -0.05) is 6.92 Å². The van der Waals surface area contributed by atoms with Gasteiger partial charge in [-0.2, -0.15) is 0 Å². The number of benzene rings is 2. The van der Waals surface area contributed by atoms with Crippen LogP contribution in [-0.2, 0) is 22.9 Å². The standard InChI is InChI=1S/C24H25N3O5S2/c1-14-3-12-19-20(13-14)33-24(21(19)22(25)28)26-23(29)15-4-6-16(7-5-15)27-34(30,31)18-10-8-17(32-2)9-11-18/h4-11,14,27H,3,12-13H2,1-2H3,(H2,25,28)(H,26,29)/t14-/m0/s1. The van der Waals surface area contributed by atoms with Gasteiger partial charge < -0.3 is 15.8 Å². The Hall–Kier alpha value is -3.37. The fourth-order valence-electron chi connectivity index (χ4n) is 3.93. The van der Waals surface area contributed by atoms with Crippen molar-refractivity contribution in [2.75, 3.05) is 17.1 Å². The van der Waals surface area contributed by atoms with E-state index in [2.05, 4.69) is 17.0 Å². The average Bonchev–Trinajstić information content (AvgIpc) is 3.16. The van der Waals surface area contributed by atoms with Crippen molar-refractivity contribution in [3.05, 3.63) is 70.1 Å². The number of ether oxygens (including phenoxy) is 1. The van der Waals surface area contributed by atoms with Crippen LogP contribution in [0.2, 0.25) is 0 Å². The summed E-state index contributed by atoms with van der Waals surface area (Å²) in [5.41, 5.74) is 7.58. The average molecular weight is 500 g/mol. The molecule has 0 radical (unpaired) electrons. The zero-order valence-corrected chi connectivity index (χ0v) is 20.4. The van der Waals surface area contributed by atoms with E-state index in [1.807, 2.05) is 0 Å². The maximum absolute atomic E-state index is 12.8. The number of anilines is 2. The highest BCUT2D eigenvalue weighted by molar-refractivity contribution is 7.92. The van der Waals surface area contributed by atoms with E-state index in [1.54, 1.807) is 12.1 Å². The molecule has 0 saturated carbocycles. The van der Waals surface area contributed by atoms with Gasteiger partial charge in [0.1, 0.15) is 10.8 Å². The van der Waals surface area contributed by atoms with Crippen LogP contribution in [0, 0.1) is 5.92 Å². The van der Waals surface area contributed by atoms with E-state index in [4.69, 9.17) is 10.5 Å². The van der Waals surface area contributed by atoms with Crippen molar-refractivity contribution in [3.8, 4) is 5.75 Å². The van der Waals surface area contributed by atoms with Crippen LogP contribution in [-0.4, -0.2) is 27.3 Å². The molecule has 0 spiro atoms. The maximum atomic E-state index is 12.8. The first-order chi connectivity index (χ1) is 16.2. The molecule has 0 saturated heterocycles. The van der Waals surface area contributed by atoms with Gasteiger partial charge in [-0.05, 0) is 79.3 Å². The molecule has 34 heavy (non-hydrogen) atoms. The molecule has 1 heterocycles. The fourth-order valence-corrected chi connectivity index (χ4v) is 6.40. The predicted octanol–water partition coefficient (Wildman–Crippen LogP) is 4.03. The molecular formula is C24H25N3O5S2. The highest BCUT2D eigenvalue weighted by Crippen LogP contribution is 2.39. The second-order valence-corrected chi connectivity index (χ2v) is 11.0. The molecule has 1 aliphatic carbocycles. The largest absolute Gasteiger partial charge is 0.497 e. The molecule has 1 atom stereocenters. The van der Waals surface area contributed by atoms with Crippen LogP contribution < -0.4 is 20.5 Å². The molecule has 0 unspecified atom stereocenters. The zero-order valence-electron chi connectivity index (χ0n) is 18.8. The number of fused-ring (bicyclic) bond motifs is 1. The lowest BCUT2D eigenvalue weighted by Crippen LogP contribution is -2.19. The molecule has 178 valence electrons. The zero-order chi connectivity index (χ0) is 24.5. The number of nitrogens with one attached hydrogen (secondary N) is 2. The smallest absolute Gasteiger partial charge is 0.261 e. The van der Waals surface area contributed by atoms with E-state index < -0.39 is 21.8 Å². The monoisotopic (exact) mass is 499 g/mol. The van der Waals surface area contributed by atoms with Crippen LogP contribution in [0.25, 0.3) is 0 Å². The molecule has 10 heteroatoms. The minimum absolute atomic E-state index is 0.0880. The molecule has 0 aliphatic heterocycles. The first kappa shape index (κ1) is 23.8. The van der Waals surface area contributed by atoms with Crippen molar-refractivity contribution in [2.24, 2.45) is 11.7 Å². The summed E-state index contributed by atoms with van der Waals surface area (Å²) in [7, 11) is -2.30. The summed E-state index contributed by atoms with van der Waals surface area (Å²) in [4.78, 5) is 26.1. The Kier molecular flexibility index (Phi) is 6.63. The van der Waals surface area contributed by atoms with Gasteiger partial charge in [-0.3, -0.25) is 14.3 Å². The number of methoxy groups -OCH3 is 1. The SMILES string of the molecule is COc1ccc(S(=O)(=O)Nc2ccc(C(=O)Nc3sc4c(c3C(N)=O)CC[C@H](C)C4)cc2)cc1. The van der Waals surface area contributed by atoms with Crippen LogP contribution in [0.3, 0.4) is 0 Å². The van der Waals surface area contributed by atoms with Crippen LogP contribution in [0.4, 0.5) is 10.7 Å². The number of nitrogens with two attached hydrogens (primary N) is 1. The molecular weight excluding hydrogens is 474 g/mol. The summed E-state index contributed by atoms with van der Waals surface area (Å²) in [6, 6.07) is 12.1. The van der Waals surface area contributed by atoms with E-state index in [0.717, 1.165) is 29.7 Å². The number of amides is 2. The highest BCUT2D eigenvalue weighted by Gasteiger charge is 2.27. The number of hydrogen-bond donors (Lipinski definition) is 3. The second-order valence-electron chi connectivity index (χ2n) is 8.23. The summed E-state index contributed by atoms with van der Waals surface area (Å²) < 4.78 is 32.8. The molecule has 4 rings (SSSR count). The Balaban J connectivity index is 1.49. The van der Waals surface area contributed by atoms with Gasteiger partial charge in [0.05, 0.1) is 17.6 Å². The van der Waals surface area contributed by atoms with E-state index in [9.17, 15) is 18.0 Å². The lowest BCUT2D eigenvalue weighted by atomic mass is 9.88. The number of rotatable bonds is 7. The number of carbonyl (C=O) groups excluding carboxylic acids is 2. The van der Waals surface area contributed by atoms with Crippen LogP contribution in [0.5, 0.6) is 5.75 Å². The number of thiophene rings is 1. The summed E-state index contributed by atoms with van der Waals surface area (Å²) in [6.45, 7) is 2.16. The van der Waals surface area contributed by atoms with Crippen molar-refractivity contribution >= 4 is 43.9 Å². The topological polar surface area (TPSA) is 128 Å². The molecule has 4 N–H and O–H groups in total. The minimum atomic E-state index is -3.80. The summed E-state index contributed by atoms with van der Waals surface area (Å²) in [5, 5.41) is 3.27. The first-order valence-corrected chi connectivity index (χ1v) is 13.0.